The van der Waals surface area contributed by atoms with Crippen LogP contribution in [0.2, 0.25) is 0 Å². The maximum atomic E-state index is 10.5. The molecule has 0 rings (SSSR count). The second-order valence-corrected chi connectivity index (χ2v) is 6.88. The Morgan fingerprint density at radius 2 is 0.875 bits per heavy atom. The number of hydrogen-bond acceptors (Lipinski definition) is 2. The van der Waals surface area contributed by atoms with E-state index in [0.29, 0.717) is 12.8 Å². The average molecular weight is 228 g/mol. The second-order valence-electron chi connectivity index (χ2n) is 6.88. The molecule has 2 nitrogen and oxygen atoms in total. The number of ketones is 2. The lowest BCUT2D eigenvalue weighted by molar-refractivity contribution is -0.119. The van der Waals surface area contributed by atoms with Crippen LogP contribution in [0.1, 0.15) is 68.2 Å². The summed E-state index contributed by atoms with van der Waals surface area (Å²) in [5, 5.41) is 0. The first-order valence-electron chi connectivity index (χ1n) is 5.82. The third-order valence-corrected chi connectivity index (χ3v) is 1.56. The number of carbonyl (C=O) groups is 2. The molecule has 0 fully saturated rings. The van der Waals surface area contributed by atoms with Gasteiger partial charge < -0.3 is 9.59 Å². The molecule has 0 atom stereocenters. The van der Waals surface area contributed by atoms with Crippen molar-refractivity contribution in [1.82, 2.24) is 0 Å². The van der Waals surface area contributed by atoms with Crippen LogP contribution in [0.3, 0.4) is 0 Å². The van der Waals surface area contributed by atoms with Gasteiger partial charge in [-0.1, -0.05) is 41.5 Å². The van der Waals surface area contributed by atoms with E-state index >= 15 is 0 Å². The zero-order chi connectivity index (χ0) is 13.6. The molecular weight excluding hydrogens is 200 g/mol. The quantitative estimate of drug-likeness (QED) is 0.715. The van der Waals surface area contributed by atoms with Gasteiger partial charge in [-0.15, -0.1) is 0 Å². The topological polar surface area (TPSA) is 34.1 Å². The van der Waals surface area contributed by atoms with Crippen LogP contribution in [-0.4, -0.2) is 11.6 Å². The molecule has 0 N–H and O–H groups in total. The molecule has 0 saturated carbocycles. The largest absolute Gasteiger partial charge is 0.300 e. The number of Topliss-reactive ketones (excluding diaryl/α,β-unsaturated/α-hetero) is 2. The van der Waals surface area contributed by atoms with E-state index in [1.165, 1.54) is 0 Å². The standard InChI is InChI=1S/2C7H14O/c2*1-6(8)5-7(2,3)4/h2*5H2,1-4H3. The Morgan fingerprint density at radius 3 is 0.875 bits per heavy atom. The zero-order valence-corrected chi connectivity index (χ0v) is 12.2. The van der Waals surface area contributed by atoms with Crippen molar-refractivity contribution in [2.75, 3.05) is 0 Å². The van der Waals surface area contributed by atoms with Crippen LogP contribution in [-0.2, 0) is 9.59 Å². The highest BCUT2D eigenvalue weighted by atomic mass is 16.1. The van der Waals surface area contributed by atoms with Crippen molar-refractivity contribution in [2.45, 2.75) is 68.2 Å². The Bertz CT molecular complexity index is 200. The number of carbonyl (C=O) groups excluding carboxylic acids is 2. The molecule has 0 aliphatic carbocycles. The molecule has 0 amide bonds. The van der Waals surface area contributed by atoms with Crippen LogP contribution >= 0.6 is 0 Å². The van der Waals surface area contributed by atoms with Gasteiger partial charge in [-0.2, -0.15) is 0 Å². The summed E-state index contributed by atoms with van der Waals surface area (Å²) in [6.07, 6.45) is 1.37. The lowest BCUT2D eigenvalue weighted by Gasteiger charge is -2.14. The summed E-state index contributed by atoms with van der Waals surface area (Å²) in [6.45, 7) is 15.6. The SMILES string of the molecule is CC(=O)CC(C)(C)C.CC(=O)CC(C)(C)C. The van der Waals surface area contributed by atoms with Crippen molar-refractivity contribution in [3.63, 3.8) is 0 Å². The second kappa shape index (κ2) is 6.82. The molecular formula is C14H28O2. The van der Waals surface area contributed by atoms with Crippen molar-refractivity contribution < 1.29 is 9.59 Å². The minimum absolute atomic E-state index is 0.172. The van der Waals surface area contributed by atoms with Crippen LogP contribution in [0.5, 0.6) is 0 Å². The summed E-state index contributed by atoms with van der Waals surface area (Å²) >= 11 is 0. The van der Waals surface area contributed by atoms with Crippen LogP contribution in [0.4, 0.5) is 0 Å². The van der Waals surface area contributed by atoms with Gasteiger partial charge >= 0.3 is 0 Å². The highest BCUT2D eigenvalue weighted by molar-refractivity contribution is 5.76. The first-order valence-corrected chi connectivity index (χ1v) is 5.82. The zero-order valence-electron chi connectivity index (χ0n) is 12.2. The van der Waals surface area contributed by atoms with Gasteiger partial charge in [0, 0.05) is 12.8 Å². The molecule has 0 heterocycles. The molecule has 0 spiro atoms. The Hall–Kier alpha value is -0.660. The predicted octanol–water partition coefficient (Wildman–Crippen LogP) is 4.02. The van der Waals surface area contributed by atoms with Crippen LogP contribution in [0.15, 0.2) is 0 Å². The smallest absolute Gasteiger partial charge is 0.130 e. The summed E-state index contributed by atoms with van der Waals surface area (Å²) < 4.78 is 0. The van der Waals surface area contributed by atoms with Gasteiger partial charge in [0.25, 0.3) is 0 Å². The van der Waals surface area contributed by atoms with Crippen LogP contribution < -0.4 is 0 Å². The van der Waals surface area contributed by atoms with Crippen LogP contribution in [0, 0.1) is 10.8 Å². The molecule has 0 aromatic rings. The van der Waals surface area contributed by atoms with Crippen molar-refractivity contribution >= 4 is 11.6 Å². The molecule has 0 aromatic heterocycles. The highest BCUT2D eigenvalue weighted by Crippen LogP contribution is 2.18. The predicted molar refractivity (Wildman–Crippen MR) is 69.5 cm³/mol. The van der Waals surface area contributed by atoms with E-state index in [1.54, 1.807) is 13.8 Å². The van der Waals surface area contributed by atoms with Gasteiger partial charge in [-0.05, 0) is 24.7 Å². The highest BCUT2D eigenvalue weighted by Gasteiger charge is 2.12. The van der Waals surface area contributed by atoms with Crippen molar-refractivity contribution in [2.24, 2.45) is 10.8 Å². The van der Waals surface area contributed by atoms with E-state index < -0.39 is 0 Å². The van der Waals surface area contributed by atoms with E-state index in [9.17, 15) is 9.59 Å². The summed E-state index contributed by atoms with van der Waals surface area (Å²) in [7, 11) is 0. The summed E-state index contributed by atoms with van der Waals surface area (Å²) in [6, 6.07) is 0. The Balaban J connectivity index is 0. The molecule has 0 aliphatic rings. The van der Waals surface area contributed by atoms with Crippen LogP contribution in [0.25, 0.3) is 0 Å². The Morgan fingerprint density at radius 1 is 0.688 bits per heavy atom. The van der Waals surface area contributed by atoms with E-state index in [-0.39, 0.29) is 22.4 Å². The fourth-order valence-electron chi connectivity index (χ4n) is 1.49. The van der Waals surface area contributed by atoms with E-state index in [1.807, 2.05) is 0 Å². The van der Waals surface area contributed by atoms with E-state index in [0.717, 1.165) is 0 Å². The Labute approximate surface area is 101 Å². The maximum Gasteiger partial charge on any atom is 0.130 e. The van der Waals surface area contributed by atoms with Crippen molar-refractivity contribution in [1.29, 1.82) is 0 Å². The van der Waals surface area contributed by atoms with Gasteiger partial charge in [-0.3, -0.25) is 0 Å². The molecule has 2 heteroatoms. The minimum atomic E-state index is 0.172. The maximum absolute atomic E-state index is 10.5. The minimum Gasteiger partial charge on any atom is -0.300 e. The molecule has 96 valence electrons. The fourth-order valence-corrected chi connectivity index (χ4v) is 1.49. The molecule has 0 aliphatic heterocycles. The third kappa shape index (κ3) is 23.3. The third-order valence-electron chi connectivity index (χ3n) is 1.56. The van der Waals surface area contributed by atoms with Crippen molar-refractivity contribution in [3.05, 3.63) is 0 Å². The summed E-state index contributed by atoms with van der Waals surface area (Å²) in [5.74, 6) is 0.551. The summed E-state index contributed by atoms with van der Waals surface area (Å²) in [5.41, 5.74) is 0.345. The van der Waals surface area contributed by atoms with Gasteiger partial charge in [0.05, 0.1) is 0 Å². The van der Waals surface area contributed by atoms with Gasteiger partial charge in [0.15, 0.2) is 0 Å². The molecule has 0 saturated heterocycles. The average Bonchev–Trinajstić information content (AvgIpc) is 1.72. The Kier molecular flexibility index (Phi) is 7.56. The van der Waals surface area contributed by atoms with Crippen molar-refractivity contribution in [3.8, 4) is 0 Å². The summed E-state index contributed by atoms with van der Waals surface area (Å²) in [4.78, 5) is 20.9. The van der Waals surface area contributed by atoms with E-state index in [4.69, 9.17) is 0 Å². The van der Waals surface area contributed by atoms with Gasteiger partial charge in [0.2, 0.25) is 0 Å². The molecule has 16 heavy (non-hydrogen) atoms. The lowest BCUT2D eigenvalue weighted by atomic mass is 9.90. The fraction of sp³-hybridized carbons (Fsp3) is 0.857. The molecule has 0 radical (unpaired) electrons. The van der Waals surface area contributed by atoms with Gasteiger partial charge in [-0.25, -0.2) is 0 Å². The lowest BCUT2D eigenvalue weighted by Crippen LogP contribution is -2.09. The molecule has 0 unspecified atom stereocenters. The first-order chi connectivity index (χ1) is 6.83. The first kappa shape index (κ1) is 17.7. The normalized spacial score (nSPS) is 11.5. The monoisotopic (exact) mass is 228 g/mol. The molecule has 0 aromatic carbocycles. The molecule has 0 bridgehead atoms. The van der Waals surface area contributed by atoms with Gasteiger partial charge in [0.1, 0.15) is 11.6 Å². The number of hydrogen-bond donors (Lipinski definition) is 0. The van der Waals surface area contributed by atoms with E-state index in [2.05, 4.69) is 41.5 Å². The number of rotatable bonds is 2.